The molecule has 0 radical (unpaired) electrons. The lowest BCUT2D eigenvalue weighted by molar-refractivity contribution is -0.0499. The van der Waals surface area contributed by atoms with Crippen molar-refractivity contribution in [3.8, 4) is 5.75 Å². The van der Waals surface area contributed by atoms with Crippen LogP contribution in [-0.2, 0) is 0 Å². The van der Waals surface area contributed by atoms with Crippen LogP contribution >= 0.6 is 0 Å². The molecule has 0 saturated heterocycles. The third-order valence-corrected chi connectivity index (χ3v) is 3.78. The van der Waals surface area contributed by atoms with E-state index in [0.717, 1.165) is 31.2 Å². The molecule has 3 nitrogen and oxygen atoms in total. The number of hydrogen-bond donors (Lipinski definition) is 2. The minimum Gasteiger partial charge on any atom is -0.435 e. The van der Waals surface area contributed by atoms with Gasteiger partial charge in [-0.25, -0.2) is 0 Å². The highest BCUT2D eigenvalue weighted by atomic mass is 19.3. The van der Waals surface area contributed by atoms with Gasteiger partial charge in [-0.05, 0) is 37.5 Å². The minimum atomic E-state index is -2.81. The highest BCUT2D eigenvalue weighted by Crippen LogP contribution is 2.24. The molecule has 5 heteroatoms. The van der Waals surface area contributed by atoms with Gasteiger partial charge in [0.15, 0.2) is 0 Å². The van der Waals surface area contributed by atoms with Crippen LogP contribution in [0, 0.1) is 0 Å². The summed E-state index contributed by atoms with van der Waals surface area (Å²) in [6.07, 6.45) is 3.60. The number of hydrogen-bond acceptors (Lipinski definition) is 3. The largest absolute Gasteiger partial charge is 0.435 e. The van der Waals surface area contributed by atoms with Gasteiger partial charge in [-0.2, -0.15) is 8.78 Å². The molecule has 2 rings (SSSR count). The van der Waals surface area contributed by atoms with E-state index in [0.29, 0.717) is 0 Å². The molecule has 2 N–H and O–H groups in total. The lowest BCUT2D eigenvalue weighted by Gasteiger charge is -2.31. The van der Waals surface area contributed by atoms with Gasteiger partial charge >= 0.3 is 6.61 Å². The SMILES string of the molecule is CC(NC1CCCCC1O)c1cccc(OC(F)F)c1. The van der Waals surface area contributed by atoms with Crippen molar-refractivity contribution in [2.45, 2.75) is 57.4 Å². The van der Waals surface area contributed by atoms with Gasteiger partial charge in [0.1, 0.15) is 5.75 Å². The Hall–Kier alpha value is -1.20. The van der Waals surface area contributed by atoms with Gasteiger partial charge in [0, 0.05) is 12.1 Å². The number of benzene rings is 1. The Labute approximate surface area is 117 Å². The maximum Gasteiger partial charge on any atom is 0.387 e. The summed E-state index contributed by atoms with van der Waals surface area (Å²) in [5, 5.41) is 13.3. The second-order valence-corrected chi connectivity index (χ2v) is 5.30. The first-order valence-corrected chi connectivity index (χ1v) is 7.05. The molecule has 1 aliphatic rings. The molecule has 1 fully saturated rings. The van der Waals surface area contributed by atoms with Gasteiger partial charge in [-0.1, -0.05) is 25.0 Å². The molecule has 0 heterocycles. The van der Waals surface area contributed by atoms with Crippen molar-refractivity contribution >= 4 is 0 Å². The van der Waals surface area contributed by atoms with Crippen molar-refractivity contribution < 1.29 is 18.6 Å². The van der Waals surface area contributed by atoms with Crippen LogP contribution in [0.2, 0.25) is 0 Å². The molecule has 0 aromatic heterocycles. The molecular weight excluding hydrogens is 264 g/mol. The van der Waals surface area contributed by atoms with E-state index in [1.165, 1.54) is 6.07 Å². The summed E-state index contributed by atoms with van der Waals surface area (Å²) < 4.78 is 28.8. The first-order chi connectivity index (χ1) is 9.56. The molecule has 20 heavy (non-hydrogen) atoms. The lowest BCUT2D eigenvalue weighted by Crippen LogP contribution is -2.43. The van der Waals surface area contributed by atoms with Crippen LogP contribution in [-0.4, -0.2) is 23.9 Å². The van der Waals surface area contributed by atoms with Crippen molar-refractivity contribution in [1.82, 2.24) is 5.32 Å². The normalized spacial score (nSPS) is 24.6. The van der Waals surface area contributed by atoms with Crippen molar-refractivity contribution in [1.29, 1.82) is 0 Å². The Balaban J connectivity index is 1.99. The van der Waals surface area contributed by atoms with Gasteiger partial charge in [0.25, 0.3) is 0 Å². The van der Waals surface area contributed by atoms with E-state index in [1.807, 2.05) is 13.0 Å². The quantitative estimate of drug-likeness (QED) is 0.872. The Bertz CT molecular complexity index is 428. The zero-order chi connectivity index (χ0) is 14.5. The van der Waals surface area contributed by atoms with Crippen LogP contribution in [0.15, 0.2) is 24.3 Å². The molecule has 112 valence electrons. The maximum atomic E-state index is 12.2. The molecule has 1 aromatic carbocycles. The second-order valence-electron chi connectivity index (χ2n) is 5.30. The van der Waals surface area contributed by atoms with Crippen LogP contribution in [0.3, 0.4) is 0 Å². The Morgan fingerprint density at radius 2 is 2.05 bits per heavy atom. The van der Waals surface area contributed by atoms with Crippen LogP contribution in [0.4, 0.5) is 8.78 Å². The topological polar surface area (TPSA) is 41.5 Å². The van der Waals surface area contributed by atoms with Crippen LogP contribution < -0.4 is 10.1 Å². The molecule has 0 spiro atoms. The highest BCUT2D eigenvalue weighted by molar-refractivity contribution is 5.30. The molecule has 0 aliphatic heterocycles. The molecule has 1 saturated carbocycles. The summed E-state index contributed by atoms with van der Waals surface area (Å²) in [6.45, 7) is -0.850. The van der Waals surface area contributed by atoms with Crippen molar-refractivity contribution in [3.63, 3.8) is 0 Å². The van der Waals surface area contributed by atoms with Gasteiger partial charge in [-0.15, -0.1) is 0 Å². The Morgan fingerprint density at radius 3 is 2.75 bits per heavy atom. The molecule has 1 aliphatic carbocycles. The van der Waals surface area contributed by atoms with Crippen LogP contribution in [0.5, 0.6) is 5.75 Å². The van der Waals surface area contributed by atoms with Gasteiger partial charge in [-0.3, -0.25) is 0 Å². The predicted octanol–water partition coefficient (Wildman–Crippen LogP) is 3.24. The van der Waals surface area contributed by atoms with E-state index in [9.17, 15) is 13.9 Å². The number of aliphatic hydroxyl groups is 1. The third kappa shape index (κ3) is 4.15. The van der Waals surface area contributed by atoms with Gasteiger partial charge in [0.05, 0.1) is 6.10 Å². The molecule has 3 unspecified atom stereocenters. The number of ether oxygens (including phenoxy) is 1. The first kappa shape index (κ1) is 15.2. The van der Waals surface area contributed by atoms with Crippen LogP contribution in [0.25, 0.3) is 0 Å². The zero-order valence-electron chi connectivity index (χ0n) is 11.6. The van der Waals surface area contributed by atoms with Crippen LogP contribution in [0.1, 0.15) is 44.2 Å². The van der Waals surface area contributed by atoms with E-state index in [1.54, 1.807) is 12.1 Å². The van der Waals surface area contributed by atoms with E-state index < -0.39 is 6.61 Å². The van der Waals surface area contributed by atoms with Crippen molar-refractivity contribution in [3.05, 3.63) is 29.8 Å². The fourth-order valence-electron chi connectivity index (χ4n) is 2.68. The second kappa shape index (κ2) is 6.99. The fraction of sp³-hybridized carbons (Fsp3) is 0.600. The fourth-order valence-corrected chi connectivity index (χ4v) is 2.68. The standard InChI is InChI=1S/C15H21F2NO2/c1-10(18-13-7-2-3-8-14(13)19)11-5-4-6-12(9-11)20-15(16)17/h4-6,9-10,13-15,18-19H,2-3,7-8H2,1H3. The summed E-state index contributed by atoms with van der Waals surface area (Å²) in [7, 11) is 0. The average molecular weight is 285 g/mol. The van der Waals surface area contributed by atoms with E-state index in [-0.39, 0.29) is 23.9 Å². The monoisotopic (exact) mass is 285 g/mol. The first-order valence-electron chi connectivity index (χ1n) is 7.05. The number of rotatable bonds is 5. The molecule has 3 atom stereocenters. The molecular formula is C15H21F2NO2. The maximum absolute atomic E-state index is 12.2. The lowest BCUT2D eigenvalue weighted by atomic mass is 9.91. The summed E-state index contributed by atoms with van der Waals surface area (Å²) in [5.74, 6) is 0.162. The number of nitrogens with one attached hydrogen (secondary N) is 1. The number of halogens is 2. The summed E-state index contributed by atoms with van der Waals surface area (Å²) in [4.78, 5) is 0. The van der Waals surface area contributed by atoms with Crippen molar-refractivity contribution in [2.75, 3.05) is 0 Å². The minimum absolute atomic E-state index is 0.0195. The Kier molecular flexibility index (Phi) is 5.31. The van der Waals surface area contributed by atoms with E-state index >= 15 is 0 Å². The summed E-state index contributed by atoms with van der Waals surface area (Å²) in [6, 6.07) is 6.73. The third-order valence-electron chi connectivity index (χ3n) is 3.78. The smallest absolute Gasteiger partial charge is 0.387 e. The highest BCUT2D eigenvalue weighted by Gasteiger charge is 2.24. The number of aliphatic hydroxyl groups excluding tert-OH is 1. The Morgan fingerprint density at radius 1 is 1.30 bits per heavy atom. The average Bonchev–Trinajstić information content (AvgIpc) is 2.41. The van der Waals surface area contributed by atoms with E-state index in [2.05, 4.69) is 10.1 Å². The summed E-state index contributed by atoms with van der Waals surface area (Å²) in [5.41, 5.74) is 0.876. The predicted molar refractivity (Wildman–Crippen MR) is 72.9 cm³/mol. The van der Waals surface area contributed by atoms with Gasteiger partial charge < -0.3 is 15.2 Å². The molecule has 1 aromatic rings. The van der Waals surface area contributed by atoms with Crippen molar-refractivity contribution in [2.24, 2.45) is 0 Å². The van der Waals surface area contributed by atoms with Gasteiger partial charge in [0.2, 0.25) is 0 Å². The number of alkyl halides is 2. The van der Waals surface area contributed by atoms with E-state index in [4.69, 9.17) is 0 Å². The molecule has 0 bridgehead atoms. The summed E-state index contributed by atoms with van der Waals surface area (Å²) >= 11 is 0. The molecule has 0 amide bonds. The zero-order valence-corrected chi connectivity index (χ0v) is 11.6.